The molecule has 0 spiro atoms. The third kappa shape index (κ3) is 3.70. The molecule has 2 saturated heterocycles. The molecule has 1 N–H and O–H groups in total. The number of likely N-dealkylation sites (tertiary alicyclic amines) is 1. The predicted octanol–water partition coefficient (Wildman–Crippen LogP) is 3.04. The Morgan fingerprint density at radius 3 is 2.48 bits per heavy atom. The number of aliphatic hydroxyl groups excluding tert-OH is 1. The van der Waals surface area contributed by atoms with E-state index in [0.29, 0.717) is 11.6 Å². The van der Waals surface area contributed by atoms with Gasteiger partial charge in [-0.25, -0.2) is 0 Å². The molecule has 2 aliphatic heterocycles. The van der Waals surface area contributed by atoms with Crippen molar-refractivity contribution in [2.24, 2.45) is 11.8 Å². The van der Waals surface area contributed by atoms with Crippen LogP contribution in [0.25, 0.3) is 0 Å². The second-order valence-corrected chi connectivity index (χ2v) is 7.07. The van der Waals surface area contributed by atoms with Gasteiger partial charge >= 0.3 is 0 Å². The Morgan fingerprint density at radius 1 is 1.26 bits per heavy atom. The summed E-state index contributed by atoms with van der Waals surface area (Å²) in [7, 11) is 0. The van der Waals surface area contributed by atoms with Gasteiger partial charge in [0, 0.05) is 24.7 Å². The van der Waals surface area contributed by atoms with E-state index in [2.05, 4.69) is 0 Å². The van der Waals surface area contributed by atoms with Gasteiger partial charge in [0.25, 0.3) is 0 Å². The van der Waals surface area contributed by atoms with Crippen LogP contribution in [0, 0.1) is 11.8 Å². The first-order chi connectivity index (χ1) is 11.1. The summed E-state index contributed by atoms with van der Waals surface area (Å²) < 4.78 is 5.51. The molecular weight excluding hydrogens is 314 g/mol. The number of benzene rings is 1. The molecule has 0 radical (unpaired) electrons. The van der Waals surface area contributed by atoms with Crippen molar-refractivity contribution < 1.29 is 14.6 Å². The van der Waals surface area contributed by atoms with Gasteiger partial charge in [-0.1, -0.05) is 23.7 Å². The zero-order valence-corrected chi connectivity index (χ0v) is 14.2. The van der Waals surface area contributed by atoms with Crippen LogP contribution in [0.5, 0.6) is 0 Å². The first-order valence-corrected chi connectivity index (χ1v) is 8.78. The number of aliphatic hydroxyl groups is 1. The maximum atomic E-state index is 12.6. The van der Waals surface area contributed by atoms with Crippen molar-refractivity contribution in [2.75, 3.05) is 19.7 Å². The summed E-state index contributed by atoms with van der Waals surface area (Å²) in [6.07, 6.45) is 2.03. The lowest BCUT2D eigenvalue weighted by Gasteiger charge is -2.36. The van der Waals surface area contributed by atoms with Crippen LogP contribution >= 0.6 is 11.6 Å². The van der Waals surface area contributed by atoms with Crippen LogP contribution in [0.3, 0.4) is 0 Å². The Bertz CT molecular complexity index is 540. The molecule has 0 aliphatic carbocycles. The zero-order chi connectivity index (χ0) is 16.4. The van der Waals surface area contributed by atoms with Crippen molar-refractivity contribution in [3.05, 3.63) is 34.9 Å². The standard InChI is InChI=1S/C18H24ClNO3/c1-12-16(8-11-23-12)18(22)20-9-6-14(7-10-20)17(21)13-2-4-15(19)5-3-13/h2-5,12,14,16-17,21H,6-11H2,1H3. The van der Waals surface area contributed by atoms with Gasteiger partial charge in [0.1, 0.15) is 0 Å². The second kappa shape index (κ2) is 7.20. The number of hydrogen-bond donors (Lipinski definition) is 1. The van der Waals surface area contributed by atoms with Crippen LogP contribution in [0.4, 0.5) is 0 Å². The number of carbonyl (C=O) groups excluding carboxylic acids is 1. The number of hydrogen-bond acceptors (Lipinski definition) is 3. The average molecular weight is 338 g/mol. The van der Waals surface area contributed by atoms with Crippen LogP contribution in [-0.4, -0.2) is 41.7 Å². The van der Waals surface area contributed by atoms with Gasteiger partial charge in [-0.3, -0.25) is 4.79 Å². The lowest BCUT2D eigenvalue weighted by atomic mass is 9.87. The van der Waals surface area contributed by atoms with E-state index in [0.717, 1.165) is 37.9 Å². The molecule has 126 valence electrons. The molecule has 3 unspecified atom stereocenters. The maximum Gasteiger partial charge on any atom is 0.228 e. The summed E-state index contributed by atoms with van der Waals surface area (Å²) in [6.45, 7) is 4.10. The van der Waals surface area contributed by atoms with E-state index in [4.69, 9.17) is 16.3 Å². The van der Waals surface area contributed by atoms with E-state index in [1.54, 1.807) is 12.1 Å². The van der Waals surface area contributed by atoms with Gasteiger partial charge in [0.2, 0.25) is 5.91 Å². The molecule has 5 heteroatoms. The molecule has 1 aromatic rings. The first-order valence-electron chi connectivity index (χ1n) is 8.40. The number of ether oxygens (including phenoxy) is 1. The topological polar surface area (TPSA) is 49.8 Å². The Labute approximate surface area is 142 Å². The molecule has 0 saturated carbocycles. The van der Waals surface area contributed by atoms with E-state index in [1.165, 1.54) is 0 Å². The third-order valence-electron chi connectivity index (χ3n) is 5.20. The SMILES string of the molecule is CC1OCCC1C(=O)N1CCC(C(O)c2ccc(Cl)cc2)CC1. The molecular formula is C18H24ClNO3. The van der Waals surface area contributed by atoms with Gasteiger partial charge in [-0.15, -0.1) is 0 Å². The van der Waals surface area contributed by atoms with Gasteiger partial charge in [-0.2, -0.15) is 0 Å². The number of nitrogens with zero attached hydrogens (tertiary/aromatic N) is 1. The van der Waals surface area contributed by atoms with Crippen molar-refractivity contribution in [3.63, 3.8) is 0 Å². The molecule has 0 aromatic heterocycles. The van der Waals surface area contributed by atoms with E-state index >= 15 is 0 Å². The summed E-state index contributed by atoms with van der Waals surface area (Å²) in [4.78, 5) is 14.5. The summed E-state index contributed by atoms with van der Waals surface area (Å²) >= 11 is 5.89. The van der Waals surface area contributed by atoms with Crippen molar-refractivity contribution >= 4 is 17.5 Å². The Kier molecular flexibility index (Phi) is 5.24. The van der Waals surface area contributed by atoms with Crippen molar-refractivity contribution in [2.45, 2.75) is 38.4 Å². The fourth-order valence-corrected chi connectivity index (χ4v) is 3.78. The number of rotatable bonds is 3. The Morgan fingerprint density at radius 2 is 1.91 bits per heavy atom. The summed E-state index contributed by atoms with van der Waals surface area (Å²) in [5.41, 5.74) is 0.900. The van der Waals surface area contributed by atoms with E-state index in [1.807, 2.05) is 24.0 Å². The molecule has 1 aromatic carbocycles. The predicted molar refractivity (Wildman–Crippen MR) is 89.2 cm³/mol. The van der Waals surface area contributed by atoms with Gasteiger partial charge in [0.05, 0.1) is 18.1 Å². The first kappa shape index (κ1) is 16.7. The molecule has 2 heterocycles. The lowest BCUT2D eigenvalue weighted by Crippen LogP contribution is -2.44. The molecule has 2 aliphatic rings. The lowest BCUT2D eigenvalue weighted by molar-refractivity contribution is -0.139. The monoisotopic (exact) mass is 337 g/mol. The Hall–Kier alpha value is -1.10. The molecule has 3 atom stereocenters. The fourth-order valence-electron chi connectivity index (χ4n) is 3.66. The van der Waals surface area contributed by atoms with Crippen molar-refractivity contribution in [1.29, 1.82) is 0 Å². The van der Waals surface area contributed by atoms with Crippen LogP contribution in [0.1, 0.15) is 37.9 Å². The van der Waals surface area contributed by atoms with Gasteiger partial charge in [-0.05, 0) is 49.8 Å². The third-order valence-corrected chi connectivity index (χ3v) is 5.45. The molecule has 3 rings (SSSR count). The molecule has 23 heavy (non-hydrogen) atoms. The highest BCUT2D eigenvalue weighted by atomic mass is 35.5. The molecule has 1 amide bonds. The number of halogens is 1. The highest BCUT2D eigenvalue weighted by Gasteiger charge is 2.36. The molecule has 4 nitrogen and oxygen atoms in total. The van der Waals surface area contributed by atoms with Gasteiger partial charge < -0.3 is 14.7 Å². The van der Waals surface area contributed by atoms with Crippen molar-refractivity contribution in [3.8, 4) is 0 Å². The number of piperidine rings is 1. The highest BCUT2D eigenvalue weighted by Crippen LogP contribution is 2.32. The number of carbonyl (C=O) groups is 1. The minimum Gasteiger partial charge on any atom is -0.388 e. The summed E-state index contributed by atoms with van der Waals surface area (Å²) in [5, 5.41) is 11.2. The van der Waals surface area contributed by atoms with Crippen LogP contribution < -0.4 is 0 Å². The van der Waals surface area contributed by atoms with E-state index < -0.39 is 6.10 Å². The van der Waals surface area contributed by atoms with Crippen LogP contribution in [-0.2, 0) is 9.53 Å². The second-order valence-electron chi connectivity index (χ2n) is 6.63. The normalized spacial score (nSPS) is 27.2. The highest BCUT2D eigenvalue weighted by molar-refractivity contribution is 6.30. The minimum atomic E-state index is -0.488. The van der Waals surface area contributed by atoms with Gasteiger partial charge in [0.15, 0.2) is 0 Å². The molecule has 0 bridgehead atoms. The van der Waals surface area contributed by atoms with E-state index in [9.17, 15) is 9.90 Å². The molecule has 2 fully saturated rings. The van der Waals surface area contributed by atoms with E-state index in [-0.39, 0.29) is 23.8 Å². The smallest absolute Gasteiger partial charge is 0.228 e. The zero-order valence-electron chi connectivity index (χ0n) is 13.5. The largest absolute Gasteiger partial charge is 0.388 e. The van der Waals surface area contributed by atoms with Crippen LogP contribution in [0.2, 0.25) is 5.02 Å². The Balaban J connectivity index is 1.55. The number of amides is 1. The summed E-state index contributed by atoms with van der Waals surface area (Å²) in [6, 6.07) is 7.37. The van der Waals surface area contributed by atoms with Crippen LogP contribution in [0.15, 0.2) is 24.3 Å². The minimum absolute atomic E-state index is 0.00717. The summed E-state index contributed by atoms with van der Waals surface area (Å²) in [5.74, 6) is 0.416. The van der Waals surface area contributed by atoms with Crippen molar-refractivity contribution in [1.82, 2.24) is 4.90 Å². The maximum absolute atomic E-state index is 12.6. The average Bonchev–Trinajstić information content (AvgIpc) is 3.00. The fraction of sp³-hybridized carbons (Fsp3) is 0.611. The quantitative estimate of drug-likeness (QED) is 0.922.